The van der Waals surface area contributed by atoms with E-state index < -0.39 is 15.6 Å². The van der Waals surface area contributed by atoms with Gasteiger partial charge in [-0.2, -0.15) is 0 Å². The van der Waals surface area contributed by atoms with Crippen LogP contribution in [0.3, 0.4) is 0 Å². The third-order valence-electron chi connectivity index (χ3n) is 18.2. The molecular formula is C51H75NO7S. The Bertz CT molecular complexity index is 2000. The summed E-state index contributed by atoms with van der Waals surface area (Å²) >= 11 is 0. The van der Waals surface area contributed by atoms with Crippen molar-refractivity contribution in [3.63, 3.8) is 0 Å². The molecule has 11 atom stereocenters. The molecule has 1 N–H and O–H groups in total. The van der Waals surface area contributed by atoms with Crippen LogP contribution in [-0.2, 0) is 40.4 Å². The highest BCUT2D eigenvalue weighted by molar-refractivity contribution is 7.89. The predicted molar refractivity (Wildman–Crippen MR) is 238 cm³/mol. The van der Waals surface area contributed by atoms with Gasteiger partial charge in [-0.15, -0.1) is 0 Å². The van der Waals surface area contributed by atoms with E-state index in [1.165, 1.54) is 5.57 Å². The van der Waals surface area contributed by atoms with E-state index in [-0.39, 0.29) is 69.3 Å². The molecule has 60 heavy (non-hydrogen) atoms. The van der Waals surface area contributed by atoms with Crippen molar-refractivity contribution in [3.05, 3.63) is 77.4 Å². The first-order chi connectivity index (χ1) is 28.3. The summed E-state index contributed by atoms with van der Waals surface area (Å²) in [6.45, 7) is 24.4. The standard InChI is InChI=1S/C51H75NO7S/c1-12-50(13-2,52-60(54,55)38-21-19-35(5)20-22-38)32-59-44-41(56-11)29-51-33-57-31-47(44,8)42(51)24-23-39-40(51)25-26-49(10)43(45(53)58-30-37-17-15-14-16-18-37)46(7,36(6)34(3)4)27-28-48(39,49)9/h14-22,25,34,36,39,41-44,52H,12-13,23-24,26-33H2,1-11H3/t36-,39+,41-,42+,43-,44+,46-,47-,48-,49+,51+/m1/s1. The van der Waals surface area contributed by atoms with E-state index in [9.17, 15) is 13.2 Å². The van der Waals surface area contributed by atoms with Crippen molar-refractivity contribution < 1.29 is 32.2 Å². The van der Waals surface area contributed by atoms with Crippen LogP contribution in [0.15, 0.2) is 71.1 Å². The first kappa shape index (κ1) is 45.5. The van der Waals surface area contributed by atoms with Gasteiger partial charge in [0, 0.05) is 17.9 Å². The van der Waals surface area contributed by atoms with Gasteiger partial charge >= 0.3 is 5.97 Å². The zero-order valence-corrected chi connectivity index (χ0v) is 39.4. The summed E-state index contributed by atoms with van der Waals surface area (Å²) < 4.78 is 57.3. The van der Waals surface area contributed by atoms with Crippen LogP contribution in [-0.4, -0.2) is 59.1 Å². The molecule has 8 nitrogen and oxygen atoms in total. The van der Waals surface area contributed by atoms with Gasteiger partial charge in [-0.25, -0.2) is 13.1 Å². The fourth-order valence-electron chi connectivity index (χ4n) is 13.8. The fourth-order valence-corrected chi connectivity index (χ4v) is 15.3. The minimum atomic E-state index is -3.78. The maximum Gasteiger partial charge on any atom is 0.310 e. The van der Waals surface area contributed by atoms with Crippen molar-refractivity contribution >= 4 is 16.0 Å². The van der Waals surface area contributed by atoms with Crippen LogP contribution in [0.25, 0.3) is 0 Å². The van der Waals surface area contributed by atoms with Crippen molar-refractivity contribution in [2.45, 2.75) is 150 Å². The molecule has 1 aliphatic heterocycles. The minimum absolute atomic E-state index is 0.0481. The van der Waals surface area contributed by atoms with Gasteiger partial charge in [-0.1, -0.05) is 122 Å². The topological polar surface area (TPSA) is 100 Å². The van der Waals surface area contributed by atoms with Crippen molar-refractivity contribution in [1.82, 2.24) is 4.72 Å². The average Bonchev–Trinajstić information content (AvgIpc) is 3.22. The second-order valence-electron chi connectivity index (χ2n) is 21.2. The van der Waals surface area contributed by atoms with Gasteiger partial charge in [0.05, 0.1) is 48.4 Å². The molecule has 5 aliphatic rings. The Balaban J connectivity index is 1.20. The van der Waals surface area contributed by atoms with Crippen molar-refractivity contribution in [1.29, 1.82) is 0 Å². The number of ether oxygens (including phenoxy) is 4. The summed E-state index contributed by atoms with van der Waals surface area (Å²) in [5, 5.41) is 0. The van der Waals surface area contributed by atoms with E-state index in [2.05, 4.69) is 59.3 Å². The zero-order valence-electron chi connectivity index (χ0n) is 38.6. The van der Waals surface area contributed by atoms with Crippen LogP contribution in [0.4, 0.5) is 0 Å². The largest absolute Gasteiger partial charge is 0.461 e. The summed E-state index contributed by atoms with van der Waals surface area (Å²) in [7, 11) is -1.97. The number of allylic oxidation sites excluding steroid dienone is 1. The molecule has 332 valence electrons. The second-order valence-corrected chi connectivity index (χ2v) is 22.9. The average molecular weight is 846 g/mol. The first-order valence-corrected chi connectivity index (χ1v) is 24.5. The lowest BCUT2D eigenvalue weighted by molar-refractivity contribution is -0.269. The Hall–Kier alpha value is -2.56. The smallest absolute Gasteiger partial charge is 0.310 e. The molecule has 0 radical (unpaired) electrons. The maximum atomic E-state index is 14.8. The van der Waals surface area contributed by atoms with Crippen LogP contribution in [0.2, 0.25) is 0 Å². The van der Waals surface area contributed by atoms with Gasteiger partial charge in [0.15, 0.2) is 0 Å². The Morgan fingerprint density at radius 1 is 0.933 bits per heavy atom. The van der Waals surface area contributed by atoms with E-state index in [1.807, 2.05) is 70.3 Å². The number of nitrogens with one attached hydrogen (secondary N) is 1. The first-order valence-electron chi connectivity index (χ1n) is 23.0. The SMILES string of the molecule is CCC(CC)(CO[C@H]1[C@H](OC)C[C@@]23COC[C@]1(C)[C@@H]2CC[C@H]1C3=CC[C@@]2(C)[C@H](C(=O)OCc3ccccc3)[C@@](C)([C@H](C)C(C)C)CC[C@]12C)NS(=O)(=O)c1ccc(C)cc1. The number of sulfonamides is 1. The third-order valence-corrected chi connectivity index (χ3v) is 19.8. The Labute approximate surface area is 362 Å². The number of hydrogen-bond acceptors (Lipinski definition) is 7. The van der Waals surface area contributed by atoms with Crippen molar-refractivity contribution in [2.24, 2.45) is 56.7 Å². The molecule has 4 aliphatic carbocycles. The van der Waals surface area contributed by atoms with Crippen LogP contribution >= 0.6 is 0 Å². The number of benzene rings is 2. The van der Waals surface area contributed by atoms with Crippen LogP contribution < -0.4 is 4.72 Å². The van der Waals surface area contributed by atoms with Gasteiger partial charge in [-0.3, -0.25) is 4.79 Å². The van der Waals surface area contributed by atoms with E-state index in [4.69, 9.17) is 18.9 Å². The molecule has 0 spiro atoms. The van der Waals surface area contributed by atoms with Gasteiger partial charge in [0.1, 0.15) is 6.61 Å². The molecule has 0 aromatic heterocycles. The van der Waals surface area contributed by atoms with Gasteiger partial charge in [0.25, 0.3) is 0 Å². The van der Waals surface area contributed by atoms with Gasteiger partial charge < -0.3 is 18.9 Å². The number of hydrogen-bond donors (Lipinski definition) is 1. The lowest BCUT2D eigenvalue weighted by atomic mass is 9.34. The molecule has 0 amide bonds. The molecular weight excluding hydrogens is 771 g/mol. The summed E-state index contributed by atoms with van der Waals surface area (Å²) in [6, 6.07) is 17.1. The fraction of sp³-hybridized carbons (Fsp3) is 0.706. The second kappa shape index (κ2) is 16.5. The third kappa shape index (κ3) is 7.26. The molecule has 1 heterocycles. The summed E-state index contributed by atoms with van der Waals surface area (Å²) in [5.74, 6) is 1.10. The highest BCUT2D eigenvalue weighted by atomic mass is 32.2. The molecule has 2 aromatic carbocycles. The number of rotatable bonds is 14. The predicted octanol–water partition coefficient (Wildman–Crippen LogP) is 10.5. The molecule has 7 rings (SSSR count). The van der Waals surface area contributed by atoms with Gasteiger partial charge in [0.2, 0.25) is 10.0 Å². The van der Waals surface area contributed by atoms with Crippen molar-refractivity contribution in [2.75, 3.05) is 26.9 Å². The number of aryl methyl sites for hydroxylation is 1. The summed E-state index contributed by atoms with van der Waals surface area (Å²) in [5.41, 5.74) is 1.57. The minimum Gasteiger partial charge on any atom is -0.461 e. The normalized spacial score (nSPS) is 37.0. The van der Waals surface area contributed by atoms with E-state index in [1.54, 1.807) is 12.1 Å². The van der Waals surface area contributed by atoms with Crippen LogP contribution in [0, 0.1) is 63.6 Å². The maximum absolute atomic E-state index is 14.8. The molecule has 0 unspecified atom stereocenters. The number of methoxy groups -OCH3 is 1. The molecule has 9 heteroatoms. The summed E-state index contributed by atoms with van der Waals surface area (Å²) in [6.07, 6.45) is 9.00. The molecule has 4 fully saturated rings. The molecule has 2 aromatic rings. The van der Waals surface area contributed by atoms with Gasteiger partial charge in [-0.05, 0) is 116 Å². The lowest BCUT2D eigenvalue weighted by Gasteiger charge is -2.71. The highest BCUT2D eigenvalue weighted by Crippen LogP contribution is 2.75. The molecule has 2 bridgehead atoms. The van der Waals surface area contributed by atoms with Crippen molar-refractivity contribution in [3.8, 4) is 0 Å². The Morgan fingerprint density at radius 3 is 2.25 bits per heavy atom. The monoisotopic (exact) mass is 846 g/mol. The van der Waals surface area contributed by atoms with Crippen LogP contribution in [0.1, 0.15) is 125 Å². The quantitative estimate of drug-likeness (QED) is 0.149. The van der Waals surface area contributed by atoms with E-state index >= 15 is 0 Å². The Morgan fingerprint density at radius 2 is 1.62 bits per heavy atom. The number of fused-ring (bicyclic) bond motifs is 3. The lowest BCUT2D eigenvalue weighted by Crippen LogP contribution is -2.70. The Kier molecular flexibility index (Phi) is 12.5. The van der Waals surface area contributed by atoms with E-state index in [0.29, 0.717) is 49.7 Å². The van der Waals surface area contributed by atoms with Crippen LogP contribution in [0.5, 0.6) is 0 Å². The molecule has 1 saturated heterocycles. The number of carbonyl (C=O) groups excluding carboxylic acids is 1. The molecule has 3 saturated carbocycles. The number of carbonyl (C=O) groups is 1. The highest BCUT2D eigenvalue weighted by Gasteiger charge is 2.72. The number of esters is 1. The van der Waals surface area contributed by atoms with E-state index in [0.717, 1.165) is 49.7 Å². The summed E-state index contributed by atoms with van der Waals surface area (Å²) in [4.78, 5) is 15.1. The zero-order chi connectivity index (χ0) is 43.5.